The molecule has 0 saturated carbocycles. The Morgan fingerprint density at radius 2 is 2.11 bits per heavy atom. The zero-order valence-electron chi connectivity index (χ0n) is 11.5. The van der Waals surface area contributed by atoms with Crippen LogP contribution in [0.5, 0.6) is 5.75 Å². The number of aryl methyl sites for hydroxylation is 1. The van der Waals surface area contributed by atoms with Crippen LogP contribution in [0, 0.1) is 12.8 Å². The predicted octanol–water partition coefficient (Wildman–Crippen LogP) is 2.19. The molecule has 0 aromatic heterocycles. The third-order valence-electron chi connectivity index (χ3n) is 2.58. The number of carbonyl (C=O) groups is 1. The molecular formula is C14H22N2O2. The van der Waals surface area contributed by atoms with Gasteiger partial charge in [0.1, 0.15) is 5.75 Å². The Labute approximate surface area is 109 Å². The number of methoxy groups -OCH3 is 1. The van der Waals surface area contributed by atoms with Gasteiger partial charge in [0.05, 0.1) is 13.7 Å². The highest BCUT2D eigenvalue weighted by atomic mass is 16.5. The van der Waals surface area contributed by atoms with Gasteiger partial charge in [0.15, 0.2) is 0 Å². The lowest BCUT2D eigenvalue weighted by molar-refractivity contribution is -0.119. The highest BCUT2D eigenvalue weighted by Gasteiger charge is 2.04. The molecule has 0 aliphatic carbocycles. The minimum atomic E-state index is 0.0129. The maximum absolute atomic E-state index is 11.6. The second-order valence-corrected chi connectivity index (χ2v) is 4.73. The maximum Gasteiger partial charge on any atom is 0.239 e. The first kappa shape index (κ1) is 14.4. The zero-order chi connectivity index (χ0) is 13.5. The molecule has 0 aliphatic heterocycles. The monoisotopic (exact) mass is 250 g/mol. The standard InChI is InChI=1S/C14H22N2O2/c1-10(2)8-16-14(17)9-15-13-6-5-12(18-4)7-11(13)3/h5-7,10,15H,8-9H2,1-4H3,(H,16,17). The minimum absolute atomic E-state index is 0.0129. The van der Waals surface area contributed by atoms with E-state index in [1.54, 1.807) is 7.11 Å². The Kier molecular flexibility index (Phi) is 5.49. The highest BCUT2D eigenvalue weighted by Crippen LogP contribution is 2.20. The molecule has 0 unspecified atom stereocenters. The third kappa shape index (κ3) is 4.65. The van der Waals surface area contributed by atoms with Gasteiger partial charge in [0, 0.05) is 12.2 Å². The van der Waals surface area contributed by atoms with Crippen molar-refractivity contribution in [3.05, 3.63) is 23.8 Å². The summed E-state index contributed by atoms with van der Waals surface area (Å²) in [7, 11) is 1.64. The van der Waals surface area contributed by atoms with Gasteiger partial charge in [-0.1, -0.05) is 13.8 Å². The molecule has 0 saturated heterocycles. The molecule has 18 heavy (non-hydrogen) atoms. The van der Waals surface area contributed by atoms with Crippen LogP contribution < -0.4 is 15.4 Å². The van der Waals surface area contributed by atoms with E-state index in [2.05, 4.69) is 24.5 Å². The van der Waals surface area contributed by atoms with Crippen molar-refractivity contribution in [2.24, 2.45) is 5.92 Å². The number of ether oxygens (including phenoxy) is 1. The smallest absolute Gasteiger partial charge is 0.239 e. The molecule has 1 rings (SSSR count). The van der Waals surface area contributed by atoms with Crippen LogP contribution >= 0.6 is 0 Å². The lowest BCUT2D eigenvalue weighted by Gasteiger charge is -2.12. The van der Waals surface area contributed by atoms with E-state index in [0.29, 0.717) is 19.0 Å². The summed E-state index contributed by atoms with van der Waals surface area (Å²) >= 11 is 0. The number of carbonyl (C=O) groups excluding carboxylic acids is 1. The minimum Gasteiger partial charge on any atom is -0.497 e. The predicted molar refractivity (Wildman–Crippen MR) is 74.1 cm³/mol. The van der Waals surface area contributed by atoms with Crippen LogP contribution in [0.3, 0.4) is 0 Å². The third-order valence-corrected chi connectivity index (χ3v) is 2.58. The first-order valence-corrected chi connectivity index (χ1v) is 6.18. The molecule has 0 atom stereocenters. The molecule has 0 aliphatic rings. The van der Waals surface area contributed by atoms with Crippen molar-refractivity contribution in [1.82, 2.24) is 5.32 Å². The molecule has 0 bridgehead atoms. The van der Waals surface area contributed by atoms with E-state index in [9.17, 15) is 4.79 Å². The molecule has 0 spiro atoms. The number of rotatable bonds is 6. The summed E-state index contributed by atoms with van der Waals surface area (Å²) in [6, 6.07) is 5.74. The van der Waals surface area contributed by atoms with E-state index in [1.807, 2.05) is 25.1 Å². The van der Waals surface area contributed by atoms with Crippen molar-refractivity contribution in [3.63, 3.8) is 0 Å². The summed E-state index contributed by atoms with van der Waals surface area (Å²) in [4.78, 5) is 11.6. The molecule has 0 radical (unpaired) electrons. The first-order chi connectivity index (χ1) is 8.52. The van der Waals surface area contributed by atoms with Crippen molar-refractivity contribution >= 4 is 11.6 Å². The lowest BCUT2D eigenvalue weighted by atomic mass is 10.2. The Morgan fingerprint density at radius 3 is 2.67 bits per heavy atom. The molecule has 2 N–H and O–H groups in total. The second kappa shape index (κ2) is 6.89. The van der Waals surface area contributed by atoms with Gasteiger partial charge in [-0.3, -0.25) is 4.79 Å². The lowest BCUT2D eigenvalue weighted by Crippen LogP contribution is -2.32. The fraction of sp³-hybridized carbons (Fsp3) is 0.500. The summed E-state index contributed by atoms with van der Waals surface area (Å²) in [5.41, 5.74) is 2.02. The Balaban J connectivity index is 2.46. The number of benzene rings is 1. The average Bonchev–Trinajstić information content (AvgIpc) is 2.34. The van der Waals surface area contributed by atoms with E-state index >= 15 is 0 Å². The number of anilines is 1. The SMILES string of the molecule is COc1ccc(NCC(=O)NCC(C)C)c(C)c1. The van der Waals surface area contributed by atoms with Gasteiger partial charge in [-0.05, 0) is 36.6 Å². The topological polar surface area (TPSA) is 50.4 Å². The Bertz CT molecular complexity index is 403. The molecule has 1 amide bonds. The van der Waals surface area contributed by atoms with Crippen LogP contribution in [-0.4, -0.2) is 26.1 Å². The van der Waals surface area contributed by atoms with Crippen LogP contribution in [0.2, 0.25) is 0 Å². The maximum atomic E-state index is 11.6. The van der Waals surface area contributed by atoms with E-state index < -0.39 is 0 Å². The summed E-state index contributed by atoms with van der Waals surface area (Å²) < 4.78 is 5.13. The van der Waals surface area contributed by atoms with Gasteiger partial charge in [0.25, 0.3) is 0 Å². The highest BCUT2D eigenvalue weighted by molar-refractivity contribution is 5.81. The van der Waals surface area contributed by atoms with E-state index in [1.165, 1.54) is 0 Å². The van der Waals surface area contributed by atoms with Crippen LogP contribution in [0.25, 0.3) is 0 Å². The molecule has 4 heteroatoms. The average molecular weight is 250 g/mol. The Hall–Kier alpha value is -1.71. The van der Waals surface area contributed by atoms with Gasteiger partial charge in [-0.25, -0.2) is 0 Å². The summed E-state index contributed by atoms with van der Waals surface area (Å²) in [5.74, 6) is 1.30. The van der Waals surface area contributed by atoms with Crippen LogP contribution in [0.1, 0.15) is 19.4 Å². The quantitative estimate of drug-likeness (QED) is 0.813. The number of hydrogen-bond donors (Lipinski definition) is 2. The largest absolute Gasteiger partial charge is 0.497 e. The van der Waals surface area contributed by atoms with Crippen molar-refractivity contribution in [2.75, 3.05) is 25.5 Å². The van der Waals surface area contributed by atoms with Crippen molar-refractivity contribution in [2.45, 2.75) is 20.8 Å². The van der Waals surface area contributed by atoms with Gasteiger partial charge in [0.2, 0.25) is 5.91 Å². The van der Waals surface area contributed by atoms with Crippen molar-refractivity contribution in [3.8, 4) is 5.75 Å². The normalized spacial score (nSPS) is 10.3. The molecule has 100 valence electrons. The van der Waals surface area contributed by atoms with Crippen molar-refractivity contribution < 1.29 is 9.53 Å². The summed E-state index contributed by atoms with van der Waals surface area (Å²) in [6.07, 6.45) is 0. The van der Waals surface area contributed by atoms with E-state index in [4.69, 9.17) is 4.74 Å². The van der Waals surface area contributed by atoms with Gasteiger partial charge >= 0.3 is 0 Å². The van der Waals surface area contributed by atoms with Gasteiger partial charge in [-0.2, -0.15) is 0 Å². The van der Waals surface area contributed by atoms with E-state index in [-0.39, 0.29) is 5.91 Å². The van der Waals surface area contributed by atoms with Crippen LogP contribution in [0.4, 0.5) is 5.69 Å². The van der Waals surface area contributed by atoms with E-state index in [0.717, 1.165) is 17.0 Å². The number of hydrogen-bond acceptors (Lipinski definition) is 3. The number of amides is 1. The first-order valence-electron chi connectivity index (χ1n) is 6.18. The summed E-state index contributed by atoms with van der Waals surface area (Å²) in [6.45, 7) is 7.13. The molecule has 1 aromatic rings. The summed E-state index contributed by atoms with van der Waals surface area (Å²) in [5, 5.41) is 5.99. The van der Waals surface area contributed by atoms with Crippen LogP contribution in [-0.2, 0) is 4.79 Å². The molecule has 0 heterocycles. The molecule has 1 aromatic carbocycles. The molecular weight excluding hydrogens is 228 g/mol. The molecule has 4 nitrogen and oxygen atoms in total. The fourth-order valence-electron chi connectivity index (χ4n) is 1.52. The fourth-order valence-corrected chi connectivity index (χ4v) is 1.52. The Morgan fingerprint density at radius 1 is 1.39 bits per heavy atom. The van der Waals surface area contributed by atoms with Gasteiger partial charge in [-0.15, -0.1) is 0 Å². The molecule has 0 fully saturated rings. The van der Waals surface area contributed by atoms with Crippen LogP contribution in [0.15, 0.2) is 18.2 Å². The second-order valence-electron chi connectivity index (χ2n) is 4.73. The zero-order valence-corrected chi connectivity index (χ0v) is 11.5. The number of nitrogens with one attached hydrogen (secondary N) is 2. The van der Waals surface area contributed by atoms with Gasteiger partial charge < -0.3 is 15.4 Å². The van der Waals surface area contributed by atoms with Crippen molar-refractivity contribution in [1.29, 1.82) is 0 Å².